The summed E-state index contributed by atoms with van der Waals surface area (Å²) in [5.74, 6) is 2.80. The maximum absolute atomic E-state index is 8.66. The molecule has 0 bridgehead atoms. The molecule has 2 heterocycles. The summed E-state index contributed by atoms with van der Waals surface area (Å²) in [6.45, 7) is 2.08. The summed E-state index contributed by atoms with van der Waals surface area (Å²) in [5, 5.41) is 12.5. The first kappa shape index (κ1) is 11.6. The van der Waals surface area contributed by atoms with Gasteiger partial charge in [0.05, 0.1) is 11.3 Å². The highest BCUT2D eigenvalue weighted by molar-refractivity contribution is 7.98. The number of nitriles is 1. The Hall–Kier alpha value is -1.87. The normalized spacial score (nSPS) is 10.1. The van der Waals surface area contributed by atoms with Crippen molar-refractivity contribution in [1.29, 1.82) is 5.26 Å². The molecule has 86 valence electrons. The topological polar surface area (TPSA) is 75.6 Å². The minimum atomic E-state index is 0.390. The van der Waals surface area contributed by atoms with E-state index in [4.69, 9.17) is 9.78 Å². The molecule has 6 heteroatoms. The van der Waals surface area contributed by atoms with E-state index in [1.165, 1.54) is 6.20 Å². The Morgan fingerprint density at radius 3 is 3.00 bits per heavy atom. The van der Waals surface area contributed by atoms with Crippen LogP contribution in [-0.2, 0) is 5.75 Å². The zero-order valence-electron chi connectivity index (χ0n) is 9.25. The lowest BCUT2D eigenvalue weighted by Gasteiger charge is -1.92. The summed E-state index contributed by atoms with van der Waals surface area (Å²) in [6, 6.07) is 5.38. The van der Waals surface area contributed by atoms with Gasteiger partial charge in [0.2, 0.25) is 0 Å². The van der Waals surface area contributed by atoms with Crippen LogP contribution < -0.4 is 0 Å². The molecule has 0 aromatic carbocycles. The maximum atomic E-state index is 8.66. The van der Waals surface area contributed by atoms with E-state index >= 15 is 0 Å². The number of aromatic nitrogens is 3. The maximum Gasteiger partial charge on any atom is 0.276 e. The van der Waals surface area contributed by atoms with Gasteiger partial charge in [0.1, 0.15) is 11.8 Å². The lowest BCUT2D eigenvalue weighted by molar-refractivity contribution is 0.424. The van der Waals surface area contributed by atoms with E-state index in [0.717, 1.165) is 11.5 Å². The summed E-state index contributed by atoms with van der Waals surface area (Å²) in [5.41, 5.74) is 1.10. The smallest absolute Gasteiger partial charge is 0.276 e. The molecule has 5 nitrogen and oxygen atoms in total. The van der Waals surface area contributed by atoms with Crippen molar-refractivity contribution in [2.75, 3.05) is 5.75 Å². The van der Waals surface area contributed by atoms with Gasteiger partial charge in [0, 0.05) is 6.20 Å². The molecule has 2 rings (SSSR count). The van der Waals surface area contributed by atoms with Crippen LogP contribution in [0.25, 0.3) is 11.6 Å². The van der Waals surface area contributed by atoms with Crippen LogP contribution >= 0.6 is 11.8 Å². The second-order valence-corrected chi connectivity index (χ2v) is 4.47. The molecule has 0 N–H and O–H groups in total. The van der Waals surface area contributed by atoms with Crippen molar-refractivity contribution in [2.24, 2.45) is 0 Å². The van der Waals surface area contributed by atoms with Crippen molar-refractivity contribution < 1.29 is 4.52 Å². The van der Waals surface area contributed by atoms with Crippen LogP contribution in [0.3, 0.4) is 0 Å². The number of nitrogens with zero attached hydrogens (tertiary/aromatic N) is 4. The van der Waals surface area contributed by atoms with Crippen LogP contribution in [0.5, 0.6) is 0 Å². The number of pyridine rings is 1. The van der Waals surface area contributed by atoms with E-state index in [1.54, 1.807) is 23.9 Å². The molecule has 0 amide bonds. The fourth-order valence-electron chi connectivity index (χ4n) is 1.20. The molecule has 0 aliphatic heterocycles. The Kier molecular flexibility index (Phi) is 3.73. The van der Waals surface area contributed by atoms with Crippen molar-refractivity contribution in [2.45, 2.75) is 12.7 Å². The van der Waals surface area contributed by atoms with Crippen LogP contribution in [0.1, 0.15) is 18.3 Å². The van der Waals surface area contributed by atoms with Crippen molar-refractivity contribution in [1.82, 2.24) is 15.1 Å². The SMILES string of the molecule is CCSCc1noc(-c2ccc(C#N)cn2)n1. The molecule has 2 aromatic rings. The summed E-state index contributed by atoms with van der Waals surface area (Å²) in [7, 11) is 0. The first-order valence-electron chi connectivity index (χ1n) is 5.10. The Morgan fingerprint density at radius 2 is 2.35 bits per heavy atom. The van der Waals surface area contributed by atoms with Gasteiger partial charge in [0.25, 0.3) is 5.89 Å². The van der Waals surface area contributed by atoms with Crippen LogP contribution in [0, 0.1) is 11.3 Å². The Bertz CT molecular complexity index is 529. The largest absolute Gasteiger partial charge is 0.332 e. The van der Waals surface area contributed by atoms with E-state index in [0.29, 0.717) is 23.0 Å². The second-order valence-electron chi connectivity index (χ2n) is 3.20. The molecule has 0 atom stereocenters. The van der Waals surface area contributed by atoms with Gasteiger partial charge in [-0.3, -0.25) is 0 Å². The highest BCUT2D eigenvalue weighted by Crippen LogP contribution is 2.16. The third-order valence-corrected chi connectivity index (χ3v) is 2.89. The molecule has 0 radical (unpaired) electrons. The average Bonchev–Trinajstić information content (AvgIpc) is 2.85. The van der Waals surface area contributed by atoms with Gasteiger partial charge in [0.15, 0.2) is 5.82 Å². The van der Waals surface area contributed by atoms with Gasteiger partial charge >= 0.3 is 0 Å². The highest BCUT2D eigenvalue weighted by Gasteiger charge is 2.09. The summed E-state index contributed by atoms with van der Waals surface area (Å²) >= 11 is 1.73. The van der Waals surface area contributed by atoms with E-state index in [9.17, 15) is 0 Å². The Morgan fingerprint density at radius 1 is 1.47 bits per heavy atom. The van der Waals surface area contributed by atoms with E-state index in [2.05, 4.69) is 22.0 Å². The molecule has 17 heavy (non-hydrogen) atoms. The molecular weight excluding hydrogens is 236 g/mol. The Labute approximate surface area is 103 Å². The van der Waals surface area contributed by atoms with Crippen LogP contribution in [0.2, 0.25) is 0 Å². The molecule has 0 unspecified atom stereocenters. The van der Waals surface area contributed by atoms with Crippen molar-refractivity contribution >= 4 is 11.8 Å². The third-order valence-electron chi connectivity index (χ3n) is 2.02. The zero-order valence-corrected chi connectivity index (χ0v) is 10.1. The van der Waals surface area contributed by atoms with E-state index in [1.807, 2.05) is 6.07 Å². The van der Waals surface area contributed by atoms with Crippen molar-refractivity contribution in [3.63, 3.8) is 0 Å². The van der Waals surface area contributed by atoms with Crippen LogP contribution in [0.4, 0.5) is 0 Å². The molecule has 0 aliphatic carbocycles. The van der Waals surface area contributed by atoms with Gasteiger partial charge in [-0.2, -0.15) is 22.0 Å². The lowest BCUT2D eigenvalue weighted by Crippen LogP contribution is -1.86. The number of rotatable bonds is 4. The van der Waals surface area contributed by atoms with Gasteiger partial charge < -0.3 is 4.52 Å². The predicted molar refractivity (Wildman–Crippen MR) is 64.1 cm³/mol. The van der Waals surface area contributed by atoms with Crippen LogP contribution in [0.15, 0.2) is 22.9 Å². The monoisotopic (exact) mass is 246 g/mol. The average molecular weight is 246 g/mol. The van der Waals surface area contributed by atoms with Gasteiger partial charge in [-0.25, -0.2) is 4.98 Å². The summed E-state index contributed by atoms with van der Waals surface area (Å²) in [4.78, 5) is 8.32. The van der Waals surface area contributed by atoms with Gasteiger partial charge in [-0.15, -0.1) is 0 Å². The fraction of sp³-hybridized carbons (Fsp3) is 0.273. The number of hydrogen-bond acceptors (Lipinski definition) is 6. The van der Waals surface area contributed by atoms with E-state index < -0.39 is 0 Å². The number of thioether (sulfide) groups is 1. The molecule has 2 aromatic heterocycles. The first-order chi connectivity index (χ1) is 8.33. The quantitative estimate of drug-likeness (QED) is 0.823. The fourth-order valence-corrected chi connectivity index (χ4v) is 1.70. The summed E-state index contributed by atoms with van der Waals surface area (Å²) < 4.78 is 5.10. The van der Waals surface area contributed by atoms with Crippen molar-refractivity contribution in [3.8, 4) is 17.7 Å². The summed E-state index contributed by atoms with van der Waals surface area (Å²) in [6.07, 6.45) is 1.49. The minimum Gasteiger partial charge on any atom is -0.332 e. The van der Waals surface area contributed by atoms with Gasteiger partial charge in [-0.05, 0) is 17.9 Å². The minimum absolute atomic E-state index is 0.390. The standard InChI is InChI=1S/C11H10N4OS/c1-2-17-7-10-14-11(16-15-10)9-4-3-8(5-12)6-13-9/h3-4,6H,2,7H2,1H3. The van der Waals surface area contributed by atoms with E-state index in [-0.39, 0.29) is 0 Å². The predicted octanol–water partition coefficient (Wildman–Crippen LogP) is 2.26. The molecular formula is C11H10N4OS. The lowest BCUT2D eigenvalue weighted by atomic mass is 10.3. The number of hydrogen-bond donors (Lipinski definition) is 0. The van der Waals surface area contributed by atoms with Gasteiger partial charge in [-0.1, -0.05) is 12.1 Å². The zero-order chi connectivity index (χ0) is 12.1. The molecule has 0 saturated heterocycles. The second kappa shape index (κ2) is 5.46. The molecule has 0 saturated carbocycles. The Balaban J connectivity index is 2.16. The highest BCUT2D eigenvalue weighted by atomic mass is 32.2. The third kappa shape index (κ3) is 2.82. The first-order valence-corrected chi connectivity index (χ1v) is 6.26. The van der Waals surface area contributed by atoms with Crippen LogP contribution in [-0.4, -0.2) is 20.9 Å². The van der Waals surface area contributed by atoms with Crippen molar-refractivity contribution in [3.05, 3.63) is 29.7 Å². The molecule has 0 aliphatic rings. The molecule has 0 fully saturated rings. The molecule has 0 spiro atoms.